The summed E-state index contributed by atoms with van der Waals surface area (Å²) in [4.78, 5) is 11.0. The quantitative estimate of drug-likeness (QED) is 0.785. The maximum Gasteiger partial charge on any atom is 0.274 e. The smallest absolute Gasteiger partial charge is 0.274 e. The third-order valence-electron chi connectivity index (χ3n) is 2.62. The predicted octanol–water partition coefficient (Wildman–Crippen LogP) is 2.32. The monoisotopic (exact) mass is 249 g/mol. The lowest BCUT2D eigenvalue weighted by atomic mass is 10.1. The Balaban J connectivity index is 2.24. The van der Waals surface area contributed by atoms with Crippen molar-refractivity contribution in [2.75, 3.05) is 0 Å². The zero-order valence-corrected chi connectivity index (χ0v) is 10.4. The molecule has 88 valence electrons. The van der Waals surface area contributed by atoms with E-state index in [0.717, 1.165) is 5.56 Å². The molecule has 0 aliphatic carbocycles. The van der Waals surface area contributed by atoms with Gasteiger partial charge < -0.3 is 0 Å². The molecule has 1 heterocycles. The standard InChI is InChI=1S/C12H12ClN3O/c1-8-3-5-10(6-4-8)7-16-9(2)11(12(13)17)14-15-16/h3-6H,7H2,1-2H3. The summed E-state index contributed by atoms with van der Waals surface area (Å²) in [5, 5.41) is 7.10. The molecular formula is C12H12ClN3O. The van der Waals surface area contributed by atoms with Gasteiger partial charge in [0.15, 0.2) is 5.69 Å². The van der Waals surface area contributed by atoms with Crippen molar-refractivity contribution in [2.45, 2.75) is 20.4 Å². The van der Waals surface area contributed by atoms with Crippen LogP contribution in [0, 0.1) is 13.8 Å². The first-order chi connectivity index (χ1) is 8.08. The van der Waals surface area contributed by atoms with E-state index in [0.29, 0.717) is 12.2 Å². The second-order valence-corrected chi connectivity index (χ2v) is 4.28. The van der Waals surface area contributed by atoms with Gasteiger partial charge >= 0.3 is 0 Å². The van der Waals surface area contributed by atoms with E-state index in [4.69, 9.17) is 11.6 Å². The Bertz CT molecular complexity index is 545. The average Bonchev–Trinajstić information content (AvgIpc) is 2.64. The van der Waals surface area contributed by atoms with Crippen LogP contribution in [-0.2, 0) is 6.54 Å². The lowest BCUT2D eigenvalue weighted by Crippen LogP contribution is -2.04. The van der Waals surface area contributed by atoms with Gasteiger partial charge in [-0.15, -0.1) is 5.10 Å². The Morgan fingerprint density at radius 3 is 2.47 bits per heavy atom. The highest BCUT2D eigenvalue weighted by Gasteiger charge is 2.13. The Kier molecular flexibility index (Phi) is 3.24. The van der Waals surface area contributed by atoms with Crippen LogP contribution in [0.4, 0.5) is 0 Å². The molecule has 0 saturated heterocycles. The molecule has 0 N–H and O–H groups in total. The fourth-order valence-corrected chi connectivity index (χ4v) is 1.73. The number of aryl methyl sites for hydroxylation is 1. The van der Waals surface area contributed by atoms with Crippen molar-refractivity contribution in [3.63, 3.8) is 0 Å². The molecule has 2 rings (SSSR count). The first-order valence-corrected chi connectivity index (χ1v) is 5.61. The van der Waals surface area contributed by atoms with E-state index in [1.54, 1.807) is 11.6 Å². The number of halogens is 1. The molecule has 4 nitrogen and oxygen atoms in total. The molecule has 0 atom stereocenters. The second-order valence-electron chi connectivity index (χ2n) is 3.94. The Labute approximate surface area is 104 Å². The van der Waals surface area contributed by atoms with Gasteiger partial charge in [-0.25, -0.2) is 4.68 Å². The molecule has 1 aromatic carbocycles. The van der Waals surface area contributed by atoms with Gasteiger partial charge in [-0.1, -0.05) is 35.0 Å². The molecule has 0 radical (unpaired) electrons. The molecule has 0 unspecified atom stereocenters. The molecule has 1 aromatic heterocycles. The number of carbonyl (C=O) groups is 1. The van der Waals surface area contributed by atoms with E-state index < -0.39 is 5.24 Å². The summed E-state index contributed by atoms with van der Waals surface area (Å²) in [6.07, 6.45) is 0. The van der Waals surface area contributed by atoms with Crippen LogP contribution in [0.1, 0.15) is 27.3 Å². The molecule has 0 aliphatic heterocycles. The fraction of sp³-hybridized carbons (Fsp3) is 0.250. The minimum Gasteiger partial charge on any atom is -0.274 e. The predicted molar refractivity (Wildman–Crippen MR) is 65.2 cm³/mol. The van der Waals surface area contributed by atoms with E-state index in [2.05, 4.69) is 10.3 Å². The van der Waals surface area contributed by atoms with Crippen molar-refractivity contribution < 1.29 is 4.79 Å². The molecule has 0 saturated carbocycles. The van der Waals surface area contributed by atoms with E-state index in [1.165, 1.54) is 5.56 Å². The van der Waals surface area contributed by atoms with Crippen LogP contribution < -0.4 is 0 Å². The van der Waals surface area contributed by atoms with Gasteiger partial charge in [-0.2, -0.15) is 0 Å². The summed E-state index contributed by atoms with van der Waals surface area (Å²) in [6.45, 7) is 4.40. The number of hydrogen-bond acceptors (Lipinski definition) is 3. The highest BCUT2D eigenvalue weighted by molar-refractivity contribution is 6.67. The minimum absolute atomic E-state index is 0.221. The zero-order chi connectivity index (χ0) is 12.4. The molecule has 2 aromatic rings. The first-order valence-electron chi connectivity index (χ1n) is 5.23. The van der Waals surface area contributed by atoms with Crippen LogP contribution in [0.5, 0.6) is 0 Å². The number of benzene rings is 1. The summed E-state index contributed by atoms with van der Waals surface area (Å²) in [5.41, 5.74) is 3.22. The third-order valence-corrected chi connectivity index (χ3v) is 2.80. The molecule has 5 heteroatoms. The minimum atomic E-state index is -0.572. The highest BCUT2D eigenvalue weighted by atomic mass is 35.5. The van der Waals surface area contributed by atoms with Crippen molar-refractivity contribution in [1.29, 1.82) is 0 Å². The Morgan fingerprint density at radius 2 is 1.94 bits per heavy atom. The number of aromatic nitrogens is 3. The van der Waals surface area contributed by atoms with Crippen LogP contribution in [0.3, 0.4) is 0 Å². The topological polar surface area (TPSA) is 47.8 Å². The molecule has 0 amide bonds. The molecular weight excluding hydrogens is 238 g/mol. The van der Waals surface area contributed by atoms with Crippen LogP contribution in [-0.4, -0.2) is 20.2 Å². The fourth-order valence-electron chi connectivity index (χ4n) is 1.56. The lowest BCUT2D eigenvalue weighted by Gasteiger charge is -2.03. The largest absolute Gasteiger partial charge is 0.274 e. The van der Waals surface area contributed by atoms with Crippen molar-refractivity contribution in [3.8, 4) is 0 Å². The van der Waals surface area contributed by atoms with Crippen molar-refractivity contribution in [3.05, 3.63) is 46.8 Å². The SMILES string of the molecule is Cc1ccc(Cn2nnc(C(=O)Cl)c2C)cc1. The maximum atomic E-state index is 11.0. The summed E-state index contributed by atoms with van der Waals surface area (Å²) in [7, 11) is 0. The summed E-state index contributed by atoms with van der Waals surface area (Å²) < 4.78 is 1.67. The number of carbonyl (C=O) groups excluding carboxylic acids is 1. The van der Waals surface area contributed by atoms with E-state index in [9.17, 15) is 4.79 Å². The van der Waals surface area contributed by atoms with Gasteiger partial charge in [-0.3, -0.25) is 4.79 Å². The molecule has 17 heavy (non-hydrogen) atoms. The summed E-state index contributed by atoms with van der Waals surface area (Å²) in [6, 6.07) is 8.13. The average molecular weight is 250 g/mol. The van der Waals surface area contributed by atoms with E-state index in [1.807, 2.05) is 31.2 Å². The van der Waals surface area contributed by atoms with Gasteiger partial charge in [0.1, 0.15) is 0 Å². The van der Waals surface area contributed by atoms with Gasteiger partial charge in [0, 0.05) is 0 Å². The van der Waals surface area contributed by atoms with Gasteiger partial charge in [0.05, 0.1) is 12.2 Å². The Hall–Kier alpha value is -1.68. The highest BCUT2D eigenvalue weighted by Crippen LogP contribution is 2.10. The van der Waals surface area contributed by atoms with Gasteiger partial charge in [0.25, 0.3) is 5.24 Å². The molecule has 0 spiro atoms. The number of rotatable bonds is 3. The van der Waals surface area contributed by atoms with Gasteiger partial charge in [0.2, 0.25) is 0 Å². The lowest BCUT2D eigenvalue weighted by molar-refractivity contribution is 0.107. The molecule has 0 bridgehead atoms. The van der Waals surface area contributed by atoms with Crippen LogP contribution in [0.15, 0.2) is 24.3 Å². The van der Waals surface area contributed by atoms with Crippen molar-refractivity contribution in [2.24, 2.45) is 0 Å². The number of nitrogens with zero attached hydrogens (tertiary/aromatic N) is 3. The Morgan fingerprint density at radius 1 is 1.29 bits per heavy atom. The maximum absolute atomic E-state index is 11.0. The molecule has 0 aliphatic rings. The van der Waals surface area contributed by atoms with Crippen LogP contribution in [0.25, 0.3) is 0 Å². The second kappa shape index (κ2) is 4.67. The van der Waals surface area contributed by atoms with Crippen molar-refractivity contribution in [1.82, 2.24) is 15.0 Å². The first kappa shape index (κ1) is 11.8. The van der Waals surface area contributed by atoms with Crippen LogP contribution >= 0.6 is 11.6 Å². The number of hydrogen-bond donors (Lipinski definition) is 0. The van der Waals surface area contributed by atoms with Gasteiger partial charge in [-0.05, 0) is 31.0 Å². The third kappa shape index (κ3) is 2.53. The van der Waals surface area contributed by atoms with E-state index in [-0.39, 0.29) is 5.69 Å². The summed E-state index contributed by atoms with van der Waals surface area (Å²) in [5.74, 6) is 0. The summed E-state index contributed by atoms with van der Waals surface area (Å²) >= 11 is 5.39. The molecule has 0 fully saturated rings. The van der Waals surface area contributed by atoms with Crippen molar-refractivity contribution >= 4 is 16.8 Å². The van der Waals surface area contributed by atoms with Crippen LogP contribution in [0.2, 0.25) is 0 Å². The normalized spacial score (nSPS) is 10.5. The van der Waals surface area contributed by atoms with E-state index >= 15 is 0 Å². The zero-order valence-electron chi connectivity index (χ0n) is 9.64.